The van der Waals surface area contributed by atoms with Crippen molar-refractivity contribution in [1.82, 2.24) is 25.0 Å². The molecule has 1 aliphatic carbocycles. The molecule has 2 N–H and O–H groups in total. The minimum Gasteiger partial charge on any atom is -0.481 e. The molecule has 0 aliphatic heterocycles. The van der Waals surface area contributed by atoms with E-state index in [2.05, 4.69) is 63.3 Å². The Morgan fingerprint density at radius 2 is 1.97 bits per heavy atom. The third-order valence-electron chi connectivity index (χ3n) is 6.96. The molecule has 0 radical (unpaired) electrons. The number of anilines is 1. The number of hydrogen-bond acceptors (Lipinski definition) is 8. The van der Waals surface area contributed by atoms with E-state index in [-0.39, 0.29) is 17.2 Å². The monoisotopic (exact) mass is 508 g/mol. The number of nitrogens with zero attached hydrogens (tertiary/aromatic N) is 5. The molecule has 1 fully saturated rings. The lowest BCUT2D eigenvalue weighted by molar-refractivity contribution is -0.144. The number of carbonyl (C=O) groups is 1. The molecule has 0 aromatic carbocycles. The van der Waals surface area contributed by atoms with Crippen molar-refractivity contribution in [3.63, 3.8) is 0 Å². The van der Waals surface area contributed by atoms with Gasteiger partial charge in [0.1, 0.15) is 0 Å². The van der Waals surface area contributed by atoms with Crippen LogP contribution in [-0.4, -0.2) is 62.8 Å². The molecule has 1 aliphatic rings. The summed E-state index contributed by atoms with van der Waals surface area (Å²) in [5.41, 5.74) is 1.30. The molecule has 0 saturated heterocycles. The summed E-state index contributed by atoms with van der Waals surface area (Å²) < 4.78 is 8.40. The zero-order valence-corrected chi connectivity index (χ0v) is 23.4. The van der Waals surface area contributed by atoms with Crippen molar-refractivity contribution >= 4 is 43.0 Å². The van der Waals surface area contributed by atoms with E-state index in [1.54, 1.807) is 11.8 Å². The molecule has 2 aromatic heterocycles. The summed E-state index contributed by atoms with van der Waals surface area (Å²) in [6.45, 7) is 15.9. The minimum atomic E-state index is -2.12. The zero-order valence-electron chi connectivity index (χ0n) is 21.6. The number of carboxylic acid groups (broad SMARTS) is 1. The Balaban J connectivity index is 1.94. The smallest absolute Gasteiger partial charge is 0.309 e. The Kier molecular flexibility index (Phi) is 8.62. The molecule has 2 aromatic rings. The molecule has 9 nitrogen and oxygen atoms in total. The van der Waals surface area contributed by atoms with Crippen LogP contribution in [-0.2, 0) is 9.22 Å². The average molecular weight is 509 g/mol. The fourth-order valence-electron chi connectivity index (χ4n) is 3.94. The zero-order chi connectivity index (χ0) is 25.1. The van der Waals surface area contributed by atoms with Gasteiger partial charge < -0.3 is 14.8 Å². The van der Waals surface area contributed by atoms with Crippen LogP contribution < -0.4 is 5.32 Å². The number of carboxylic acids is 1. The molecule has 190 valence electrons. The van der Waals surface area contributed by atoms with E-state index in [0.29, 0.717) is 35.0 Å². The van der Waals surface area contributed by atoms with E-state index in [4.69, 9.17) is 14.4 Å². The maximum Gasteiger partial charge on any atom is 0.309 e. The summed E-state index contributed by atoms with van der Waals surface area (Å²) in [6.07, 6.45) is 3.83. The fraction of sp³-hybridized carbons (Fsp3) is 0.783. The van der Waals surface area contributed by atoms with Gasteiger partial charge in [-0.05, 0) is 43.8 Å². The predicted octanol–water partition coefficient (Wildman–Crippen LogP) is 5.36. The van der Waals surface area contributed by atoms with E-state index in [0.717, 1.165) is 31.6 Å². The van der Waals surface area contributed by atoms with Gasteiger partial charge in [-0.1, -0.05) is 58.0 Å². The lowest BCUT2D eigenvalue weighted by atomic mass is 10.1. The van der Waals surface area contributed by atoms with Crippen LogP contribution in [0.15, 0.2) is 5.16 Å². The number of thioether (sulfide) groups is 1. The molecule has 3 atom stereocenters. The van der Waals surface area contributed by atoms with E-state index >= 15 is 0 Å². The molecule has 11 heteroatoms. The molecule has 0 spiro atoms. The standard InChI is InChI=1S/C23H40N6O3SSi/c1-8-10-11-24-19-18-20(26-22(25-19)33-12-9-2)29(28-27-18)15-13-16(21(30)31)17(14-15)32-34(6,7)23(3,4)5/h15-17H,8-14H2,1-7H3,(H,30,31)(H,24,25,26). The van der Waals surface area contributed by atoms with Gasteiger partial charge in [0.15, 0.2) is 30.5 Å². The maximum absolute atomic E-state index is 12.2. The molecule has 0 bridgehead atoms. The lowest BCUT2D eigenvalue weighted by Gasteiger charge is -2.39. The van der Waals surface area contributed by atoms with Crippen LogP contribution in [0.3, 0.4) is 0 Å². The molecule has 34 heavy (non-hydrogen) atoms. The van der Waals surface area contributed by atoms with E-state index in [9.17, 15) is 9.90 Å². The van der Waals surface area contributed by atoms with E-state index < -0.39 is 20.2 Å². The SMILES string of the molecule is CCCCNc1nc(SCCC)nc2c1nnn2C1CC(O[Si](C)(C)C(C)(C)C)C(C(=O)O)C1. The Hall–Kier alpha value is -1.72. The summed E-state index contributed by atoms with van der Waals surface area (Å²) >= 11 is 1.62. The van der Waals surface area contributed by atoms with Crippen molar-refractivity contribution in [2.45, 2.75) is 102 Å². The fourth-order valence-corrected chi connectivity index (χ4v) is 6.00. The van der Waals surface area contributed by atoms with Gasteiger partial charge in [0.25, 0.3) is 0 Å². The van der Waals surface area contributed by atoms with Gasteiger partial charge in [0, 0.05) is 12.3 Å². The molecule has 3 unspecified atom stereocenters. The van der Waals surface area contributed by atoms with Crippen LogP contribution in [0.5, 0.6) is 0 Å². The van der Waals surface area contributed by atoms with Crippen LogP contribution in [0.1, 0.15) is 72.8 Å². The lowest BCUT2D eigenvalue weighted by Crippen LogP contribution is -2.45. The number of nitrogens with one attached hydrogen (secondary N) is 1. The third-order valence-corrected chi connectivity index (χ3v) is 12.5. The summed E-state index contributed by atoms with van der Waals surface area (Å²) in [5.74, 6) is 0.238. The van der Waals surface area contributed by atoms with E-state index in [1.807, 2.05) is 4.68 Å². The third kappa shape index (κ3) is 5.91. The summed E-state index contributed by atoms with van der Waals surface area (Å²) in [4.78, 5) is 21.6. The van der Waals surface area contributed by atoms with Gasteiger partial charge in [-0.25, -0.2) is 14.6 Å². The second-order valence-corrected chi connectivity index (χ2v) is 16.5. The normalized spacial score (nSPS) is 21.3. The predicted molar refractivity (Wildman–Crippen MR) is 139 cm³/mol. The van der Waals surface area contributed by atoms with Crippen LogP contribution >= 0.6 is 11.8 Å². The summed E-state index contributed by atoms with van der Waals surface area (Å²) in [6, 6.07) is -0.136. The van der Waals surface area contributed by atoms with E-state index in [1.165, 1.54) is 0 Å². The molecule has 2 heterocycles. The van der Waals surface area contributed by atoms with Gasteiger partial charge >= 0.3 is 5.97 Å². The highest BCUT2D eigenvalue weighted by atomic mass is 32.2. The van der Waals surface area contributed by atoms with Crippen molar-refractivity contribution < 1.29 is 14.3 Å². The second-order valence-electron chi connectivity index (χ2n) is 10.7. The van der Waals surface area contributed by atoms with Crippen molar-refractivity contribution in [3.8, 4) is 0 Å². The first-order chi connectivity index (χ1) is 16.0. The summed E-state index contributed by atoms with van der Waals surface area (Å²) in [5, 5.41) is 22.9. The van der Waals surface area contributed by atoms with Gasteiger partial charge in [0.05, 0.1) is 18.1 Å². The molecule has 0 amide bonds. The van der Waals surface area contributed by atoms with Gasteiger partial charge in [-0.15, -0.1) is 5.10 Å². The highest BCUT2D eigenvalue weighted by Gasteiger charge is 2.47. The second kappa shape index (κ2) is 10.9. The molecule has 1 saturated carbocycles. The summed E-state index contributed by atoms with van der Waals surface area (Å²) in [7, 11) is -2.12. The minimum absolute atomic E-state index is 0.00573. The van der Waals surface area contributed by atoms with Crippen molar-refractivity contribution in [2.75, 3.05) is 17.6 Å². The molecular weight excluding hydrogens is 468 g/mol. The Bertz CT molecular complexity index is 993. The van der Waals surface area contributed by atoms with Crippen molar-refractivity contribution in [2.24, 2.45) is 5.92 Å². The number of aliphatic carboxylic acids is 1. The van der Waals surface area contributed by atoms with Gasteiger partial charge in [0.2, 0.25) is 0 Å². The number of aromatic nitrogens is 5. The van der Waals surface area contributed by atoms with Crippen LogP contribution in [0.2, 0.25) is 18.1 Å². The topological polar surface area (TPSA) is 115 Å². The van der Waals surface area contributed by atoms with Crippen molar-refractivity contribution in [3.05, 3.63) is 0 Å². The first-order valence-corrected chi connectivity index (χ1v) is 16.3. The maximum atomic E-state index is 12.2. The number of fused-ring (bicyclic) bond motifs is 1. The molecular formula is C23H40N6O3SSi. The molecule has 3 rings (SSSR count). The van der Waals surface area contributed by atoms with Gasteiger partial charge in [-0.3, -0.25) is 4.79 Å². The Morgan fingerprint density at radius 3 is 2.59 bits per heavy atom. The van der Waals surface area contributed by atoms with Crippen LogP contribution in [0, 0.1) is 5.92 Å². The number of rotatable bonds is 11. The Morgan fingerprint density at radius 1 is 1.24 bits per heavy atom. The number of hydrogen-bond donors (Lipinski definition) is 2. The Labute approximate surface area is 208 Å². The number of unbranched alkanes of at least 4 members (excludes halogenated alkanes) is 1. The van der Waals surface area contributed by atoms with Gasteiger partial charge in [-0.2, -0.15) is 0 Å². The first-order valence-electron chi connectivity index (χ1n) is 12.4. The average Bonchev–Trinajstić information content (AvgIpc) is 3.35. The van der Waals surface area contributed by atoms with Crippen molar-refractivity contribution in [1.29, 1.82) is 0 Å². The largest absolute Gasteiger partial charge is 0.481 e. The van der Waals surface area contributed by atoms with Crippen LogP contribution in [0.4, 0.5) is 5.82 Å². The highest BCUT2D eigenvalue weighted by Crippen LogP contribution is 2.44. The highest BCUT2D eigenvalue weighted by molar-refractivity contribution is 7.99. The quantitative estimate of drug-likeness (QED) is 0.179. The first kappa shape index (κ1) is 26.9. The van der Waals surface area contributed by atoms with Crippen LogP contribution in [0.25, 0.3) is 11.2 Å².